The van der Waals surface area contributed by atoms with E-state index < -0.39 is 0 Å². The normalized spacial score (nSPS) is 14.9. The fraction of sp³-hybridized carbons (Fsp3) is 0.318. The molecule has 0 spiro atoms. The highest BCUT2D eigenvalue weighted by atomic mass is 16.5. The molecule has 0 amide bonds. The number of oxazole rings is 1. The second kappa shape index (κ2) is 8.35. The third-order valence-electron chi connectivity index (χ3n) is 5.10. The smallest absolute Gasteiger partial charge is 0.209 e. The van der Waals surface area contributed by atoms with Crippen LogP contribution in [-0.4, -0.2) is 50.3 Å². The van der Waals surface area contributed by atoms with Gasteiger partial charge in [0.1, 0.15) is 11.5 Å². The molecule has 1 aliphatic heterocycles. The number of benzene rings is 2. The zero-order valence-electron chi connectivity index (χ0n) is 16.3. The first-order chi connectivity index (χ1) is 13.7. The Bertz CT molecular complexity index is 882. The van der Waals surface area contributed by atoms with Crippen LogP contribution in [0.15, 0.2) is 59.1 Å². The number of piperazine rings is 1. The molecule has 2 heterocycles. The highest BCUT2D eigenvalue weighted by Crippen LogP contribution is 2.24. The molecule has 6 heteroatoms. The predicted octanol–water partition coefficient (Wildman–Crippen LogP) is 3.68. The Balaban J connectivity index is 1.32. The summed E-state index contributed by atoms with van der Waals surface area (Å²) in [5.74, 6) is 3.26. The third kappa shape index (κ3) is 4.12. The van der Waals surface area contributed by atoms with Crippen molar-refractivity contribution in [1.29, 1.82) is 0 Å². The van der Waals surface area contributed by atoms with Crippen LogP contribution in [0.1, 0.15) is 5.89 Å². The molecular formula is C22H25N3O3. The topological polar surface area (TPSA) is 51.0 Å². The van der Waals surface area contributed by atoms with Crippen molar-refractivity contribution in [3.63, 3.8) is 0 Å². The molecule has 146 valence electrons. The summed E-state index contributed by atoms with van der Waals surface area (Å²) in [5, 5.41) is 0. The second-order valence-electron chi connectivity index (χ2n) is 6.81. The van der Waals surface area contributed by atoms with Crippen molar-refractivity contribution in [2.45, 2.75) is 6.54 Å². The van der Waals surface area contributed by atoms with Crippen LogP contribution in [-0.2, 0) is 6.54 Å². The molecule has 0 saturated carbocycles. The fourth-order valence-electron chi connectivity index (χ4n) is 3.42. The number of anilines is 1. The van der Waals surface area contributed by atoms with Crippen LogP contribution in [0.4, 0.5) is 5.69 Å². The number of aromatic nitrogens is 1. The van der Waals surface area contributed by atoms with E-state index in [1.54, 1.807) is 20.4 Å². The van der Waals surface area contributed by atoms with Crippen LogP contribution >= 0.6 is 0 Å². The van der Waals surface area contributed by atoms with E-state index in [9.17, 15) is 0 Å². The van der Waals surface area contributed by atoms with Gasteiger partial charge in [0.05, 0.1) is 27.0 Å². The van der Waals surface area contributed by atoms with Gasteiger partial charge in [-0.2, -0.15) is 0 Å². The van der Waals surface area contributed by atoms with Gasteiger partial charge >= 0.3 is 0 Å². The van der Waals surface area contributed by atoms with Gasteiger partial charge in [0, 0.05) is 37.4 Å². The lowest BCUT2D eigenvalue weighted by Gasteiger charge is -2.35. The van der Waals surface area contributed by atoms with Crippen molar-refractivity contribution >= 4 is 5.69 Å². The lowest BCUT2D eigenvalue weighted by molar-refractivity contribution is 0.227. The molecule has 1 aliphatic rings. The molecule has 3 aromatic rings. The summed E-state index contributed by atoms with van der Waals surface area (Å²) in [6.07, 6.45) is 1.80. The van der Waals surface area contributed by atoms with E-state index in [-0.39, 0.29) is 0 Å². The van der Waals surface area contributed by atoms with Crippen molar-refractivity contribution in [2.75, 3.05) is 45.3 Å². The number of methoxy groups -OCH3 is 2. The van der Waals surface area contributed by atoms with E-state index in [0.717, 1.165) is 61.4 Å². The summed E-state index contributed by atoms with van der Waals surface area (Å²) >= 11 is 0. The van der Waals surface area contributed by atoms with Crippen LogP contribution in [0.25, 0.3) is 11.3 Å². The van der Waals surface area contributed by atoms with Crippen LogP contribution in [0, 0.1) is 0 Å². The molecule has 4 rings (SSSR count). The minimum atomic E-state index is 0.729. The Hall–Kier alpha value is -2.99. The maximum absolute atomic E-state index is 5.96. The van der Waals surface area contributed by atoms with E-state index in [2.05, 4.69) is 26.9 Å². The Morgan fingerprint density at radius 2 is 1.46 bits per heavy atom. The van der Waals surface area contributed by atoms with Crippen molar-refractivity contribution < 1.29 is 13.9 Å². The van der Waals surface area contributed by atoms with Crippen molar-refractivity contribution in [2.24, 2.45) is 0 Å². The summed E-state index contributed by atoms with van der Waals surface area (Å²) in [4.78, 5) is 9.23. The van der Waals surface area contributed by atoms with Crippen molar-refractivity contribution in [1.82, 2.24) is 9.88 Å². The highest BCUT2D eigenvalue weighted by molar-refractivity contribution is 5.57. The molecule has 1 fully saturated rings. The molecular weight excluding hydrogens is 354 g/mol. The monoisotopic (exact) mass is 379 g/mol. The highest BCUT2D eigenvalue weighted by Gasteiger charge is 2.19. The summed E-state index contributed by atoms with van der Waals surface area (Å²) in [5.41, 5.74) is 2.24. The number of ether oxygens (including phenoxy) is 2. The van der Waals surface area contributed by atoms with Gasteiger partial charge in [0.25, 0.3) is 0 Å². The molecule has 0 N–H and O–H groups in total. The largest absolute Gasteiger partial charge is 0.497 e. The summed E-state index contributed by atoms with van der Waals surface area (Å²) in [6, 6.07) is 16.1. The molecule has 0 unspecified atom stereocenters. The molecule has 28 heavy (non-hydrogen) atoms. The number of rotatable bonds is 6. The first-order valence-electron chi connectivity index (χ1n) is 9.45. The number of nitrogens with zero attached hydrogens (tertiary/aromatic N) is 3. The second-order valence-corrected chi connectivity index (χ2v) is 6.81. The SMILES string of the molecule is COc1ccc(-c2cnc(CN3CCN(c4ccc(OC)cc4)CC3)o2)cc1. The van der Waals surface area contributed by atoms with Gasteiger partial charge in [0.15, 0.2) is 5.76 Å². The average molecular weight is 379 g/mol. The van der Waals surface area contributed by atoms with Gasteiger partial charge in [-0.1, -0.05) is 0 Å². The van der Waals surface area contributed by atoms with Gasteiger partial charge in [-0.25, -0.2) is 4.98 Å². The zero-order chi connectivity index (χ0) is 19.3. The van der Waals surface area contributed by atoms with Crippen LogP contribution in [0.2, 0.25) is 0 Å². The lowest BCUT2D eigenvalue weighted by Crippen LogP contribution is -2.46. The summed E-state index contributed by atoms with van der Waals surface area (Å²) in [6.45, 7) is 4.65. The molecule has 6 nitrogen and oxygen atoms in total. The van der Waals surface area contributed by atoms with Gasteiger partial charge in [-0.3, -0.25) is 4.90 Å². The average Bonchev–Trinajstić information content (AvgIpc) is 3.23. The Morgan fingerprint density at radius 1 is 0.857 bits per heavy atom. The molecule has 2 aromatic carbocycles. The van der Waals surface area contributed by atoms with Gasteiger partial charge in [-0.15, -0.1) is 0 Å². The van der Waals surface area contributed by atoms with Crippen LogP contribution < -0.4 is 14.4 Å². The Morgan fingerprint density at radius 3 is 2.07 bits per heavy atom. The molecule has 1 aromatic heterocycles. The first kappa shape index (κ1) is 18.4. The van der Waals surface area contributed by atoms with Crippen LogP contribution in [0.5, 0.6) is 11.5 Å². The molecule has 0 aliphatic carbocycles. The zero-order valence-corrected chi connectivity index (χ0v) is 16.3. The van der Waals surface area contributed by atoms with Gasteiger partial charge in [-0.05, 0) is 48.5 Å². The van der Waals surface area contributed by atoms with E-state index in [1.165, 1.54) is 5.69 Å². The molecule has 0 bridgehead atoms. The van der Waals surface area contributed by atoms with E-state index in [0.29, 0.717) is 0 Å². The molecule has 0 radical (unpaired) electrons. The van der Waals surface area contributed by atoms with Crippen molar-refractivity contribution in [3.8, 4) is 22.8 Å². The van der Waals surface area contributed by atoms with Gasteiger partial charge in [0.2, 0.25) is 5.89 Å². The first-order valence-corrected chi connectivity index (χ1v) is 9.45. The minimum absolute atomic E-state index is 0.729. The summed E-state index contributed by atoms with van der Waals surface area (Å²) < 4.78 is 16.4. The predicted molar refractivity (Wildman–Crippen MR) is 109 cm³/mol. The number of hydrogen-bond acceptors (Lipinski definition) is 6. The van der Waals surface area contributed by atoms with E-state index in [1.807, 2.05) is 36.4 Å². The molecule has 1 saturated heterocycles. The number of hydrogen-bond donors (Lipinski definition) is 0. The standard InChI is InChI=1S/C22H25N3O3/c1-26-19-7-3-17(4-8-19)21-15-23-22(28-21)16-24-11-13-25(14-12-24)18-5-9-20(27-2)10-6-18/h3-10,15H,11-14,16H2,1-2H3. The van der Waals surface area contributed by atoms with E-state index in [4.69, 9.17) is 13.9 Å². The Kier molecular flexibility index (Phi) is 5.48. The summed E-state index contributed by atoms with van der Waals surface area (Å²) in [7, 11) is 3.35. The third-order valence-corrected chi connectivity index (χ3v) is 5.10. The Labute approximate surface area is 165 Å². The lowest BCUT2D eigenvalue weighted by atomic mass is 10.2. The minimum Gasteiger partial charge on any atom is -0.497 e. The maximum atomic E-state index is 5.96. The fourth-order valence-corrected chi connectivity index (χ4v) is 3.42. The molecule has 0 atom stereocenters. The quantitative estimate of drug-likeness (QED) is 0.651. The van der Waals surface area contributed by atoms with Crippen molar-refractivity contribution in [3.05, 3.63) is 60.6 Å². The van der Waals surface area contributed by atoms with E-state index >= 15 is 0 Å². The van der Waals surface area contributed by atoms with Crippen LogP contribution in [0.3, 0.4) is 0 Å². The maximum Gasteiger partial charge on any atom is 0.209 e. The van der Waals surface area contributed by atoms with Gasteiger partial charge < -0.3 is 18.8 Å².